The quantitative estimate of drug-likeness (QED) is 0.430. The van der Waals surface area contributed by atoms with Crippen molar-refractivity contribution in [3.05, 3.63) is 65.4 Å². The van der Waals surface area contributed by atoms with E-state index in [9.17, 15) is 9.59 Å². The van der Waals surface area contributed by atoms with E-state index in [1.165, 1.54) is 26.0 Å². The van der Waals surface area contributed by atoms with Gasteiger partial charge in [-0.25, -0.2) is 0 Å². The number of ether oxygens (including phenoxy) is 3. The number of amides is 1. The van der Waals surface area contributed by atoms with Gasteiger partial charge in [-0.3, -0.25) is 14.6 Å². The minimum Gasteiger partial charge on any atom is -0.493 e. The molecule has 2 aliphatic rings. The minimum absolute atomic E-state index is 0.265. The standard InChI is InChI=1S/C25H23N3O5/c1-14(29)28-25(17-10-11-22(32-15(2)30)23(12-17)31-3)33-24(27-28)19-13-21(16-8-9-16)26-20-7-5-4-6-18(19)20/h4-7,10-13,16,25H,8-9H2,1-3H3. The van der Waals surface area contributed by atoms with E-state index in [-0.39, 0.29) is 11.7 Å². The maximum absolute atomic E-state index is 12.4. The number of carbonyl (C=O) groups is 2. The number of hydrazone groups is 1. The van der Waals surface area contributed by atoms with Crippen molar-refractivity contribution >= 4 is 28.7 Å². The van der Waals surface area contributed by atoms with Crippen molar-refractivity contribution < 1.29 is 23.8 Å². The molecule has 1 fully saturated rings. The molecular weight excluding hydrogens is 422 g/mol. The largest absolute Gasteiger partial charge is 0.493 e. The van der Waals surface area contributed by atoms with Crippen LogP contribution in [0.2, 0.25) is 0 Å². The summed E-state index contributed by atoms with van der Waals surface area (Å²) in [6, 6.07) is 14.9. The lowest BCUT2D eigenvalue weighted by Gasteiger charge is -2.20. The number of carbonyl (C=O) groups excluding carboxylic acids is 2. The lowest BCUT2D eigenvalue weighted by molar-refractivity contribution is -0.135. The molecule has 1 atom stereocenters. The van der Waals surface area contributed by atoms with Gasteiger partial charge in [-0.1, -0.05) is 18.2 Å². The fourth-order valence-corrected chi connectivity index (χ4v) is 3.93. The molecule has 1 amide bonds. The van der Waals surface area contributed by atoms with Crippen LogP contribution in [0.1, 0.15) is 55.7 Å². The van der Waals surface area contributed by atoms with E-state index in [4.69, 9.17) is 19.2 Å². The lowest BCUT2D eigenvalue weighted by atomic mass is 10.1. The average Bonchev–Trinajstić information content (AvgIpc) is 3.56. The molecule has 0 N–H and O–H groups in total. The molecule has 0 bridgehead atoms. The maximum atomic E-state index is 12.4. The van der Waals surface area contributed by atoms with Crippen molar-refractivity contribution in [1.82, 2.24) is 9.99 Å². The van der Waals surface area contributed by atoms with Crippen LogP contribution >= 0.6 is 0 Å². The van der Waals surface area contributed by atoms with Gasteiger partial charge < -0.3 is 14.2 Å². The summed E-state index contributed by atoms with van der Waals surface area (Å²) in [5, 5.41) is 6.75. The van der Waals surface area contributed by atoms with Crippen LogP contribution in [-0.4, -0.2) is 34.9 Å². The van der Waals surface area contributed by atoms with Gasteiger partial charge >= 0.3 is 5.97 Å². The number of methoxy groups -OCH3 is 1. The molecule has 1 aromatic heterocycles. The van der Waals surface area contributed by atoms with E-state index in [0.717, 1.165) is 35.0 Å². The molecule has 1 aliphatic carbocycles. The van der Waals surface area contributed by atoms with Crippen molar-refractivity contribution in [2.24, 2.45) is 5.10 Å². The predicted molar refractivity (Wildman–Crippen MR) is 121 cm³/mol. The first-order valence-corrected chi connectivity index (χ1v) is 10.8. The number of aromatic nitrogens is 1. The summed E-state index contributed by atoms with van der Waals surface area (Å²) < 4.78 is 16.8. The van der Waals surface area contributed by atoms with Crippen molar-refractivity contribution in [3.8, 4) is 11.5 Å². The monoisotopic (exact) mass is 445 g/mol. The Balaban J connectivity index is 1.55. The highest BCUT2D eigenvalue weighted by Gasteiger charge is 2.35. The Kier molecular flexibility index (Phi) is 5.20. The molecule has 3 aromatic rings. The zero-order valence-corrected chi connectivity index (χ0v) is 18.6. The lowest BCUT2D eigenvalue weighted by Crippen LogP contribution is -2.25. The molecule has 2 heterocycles. The third-order valence-electron chi connectivity index (χ3n) is 5.66. The molecule has 8 heteroatoms. The van der Waals surface area contributed by atoms with E-state index in [2.05, 4.69) is 5.10 Å². The molecular formula is C25H23N3O5. The van der Waals surface area contributed by atoms with Crippen LogP contribution in [0.5, 0.6) is 11.5 Å². The van der Waals surface area contributed by atoms with Gasteiger partial charge in [-0.05, 0) is 43.2 Å². The van der Waals surface area contributed by atoms with E-state index < -0.39 is 12.2 Å². The third kappa shape index (κ3) is 4.00. The number of fused-ring (bicyclic) bond motifs is 1. The van der Waals surface area contributed by atoms with Gasteiger partial charge in [0, 0.05) is 42.0 Å². The van der Waals surface area contributed by atoms with Crippen LogP contribution in [0.4, 0.5) is 0 Å². The fourth-order valence-electron chi connectivity index (χ4n) is 3.93. The summed E-state index contributed by atoms with van der Waals surface area (Å²) in [7, 11) is 1.48. The first-order valence-electron chi connectivity index (χ1n) is 10.8. The molecule has 1 aliphatic heterocycles. The Morgan fingerprint density at radius 2 is 1.85 bits per heavy atom. The molecule has 1 saturated carbocycles. The molecule has 2 aromatic carbocycles. The smallest absolute Gasteiger partial charge is 0.308 e. The normalized spacial score (nSPS) is 17.5. The Labute approximate surface area is 190 Å². The SMILES string of the molecule is COc1cc(C2OC(c3cc(C4CC4)nc4ccccc34)=NN2C(C)=O)ccc1OC(C)=O. The molecule has 0 spiro atoms. The Bertz CT molecular complexity index is 1300. The number of nitrogens with zero attached hydrogens (tertiary/aromatic N) is 3. The summed E-state index contributed by atoms with van der Waals surface area (Å²) >= 11 is 0. The van der Waals surface area contributed by atoms with Gasteiger partial charge in [0.05, 0.1) is 12.6 Å². The van der Waals surface area contributed by atoms with Gasteiger partial charge in [0.15, 0.2) is 11.5 Å². The number of rotatable bonds is 5. The Morgan fingerprint density at radius 1 is 1.06 bits per heavy atom. The van der Waals surface area contributed by atoms with Crippen molar-refractivity contribution in [2.75, 3.05) is 7.11 Å². The molecule has 0 saturated heterocycles. The molecule has 168 valence electrons. The molecule has 1 unspecified atom stereocenters. The van der Waals surface area contributed by atoms with Crippen LogP contribution in [0.25, 0.3) is 10.9 Å². The van der Waals surface area contributed by atoms with Gasteiger partial charge in [-0.2, -0.15) is 5.01 Å². The highest BCUT2D eigenvalue weighted by molar-refractivity contribution is 6.07. The van der Waals surface area contributed by atoms with Crippen molar-refractivity contribution in [1.29, 1.82) is 0 Å². The second kappa shape index (κ2) is 8.20. The molecule has 5 rings (SSSR count). The number of hydrogen-bond donors (Lipinski definition) is 0. The zero-order valence-electron chi connectivity index (χ0n) is 18.6. The molecule has 33 heavy (non-hydrogen) atoms. The maximum Gasteiger partial charge on any atom is 0.308 e. The third-order valence-corrected chi connectivity index (χ3v) is 5.66. The number of para-hydroxylation sites is 1. The zero-order chi connectivity index (χ0) is 23.1. The molecule has 8 nitrogen and oxygen atoms in total. The highest BCUT2D eigenvalue weighted by Crippen LogP contribution is 2.41. The first-order chi connectivity index (χ1) is 15.9. The van der Waals surface area contributed by atoms with Gasteiger partial charge in [0.1, 0.15) is 0 Å². The second-order valence-electron chi connectivity index (χ2n) is 8.13. The highest BCUT2D eigenvalue weighted by atomic mass is 16.6. The first kappa shape index (κ1) is 20.9. The molecule has 0 radical (unpaired) electrons. The van der Waals surface area contributed by atoms with Gasteiger partial charge in [0.2, 0.25) is 18.0 Å². The predicted octanol–water partition coefficient (Wildman–Crippen LogP) is 4.29. The summed E-state index contributed by atoms with van der Waals surface area (Å²) in [5.41, 5.74) is 3.32. The number of hydrogen-bond acceptors (Lipinski definition) is 7. The van der Waals surface area contributed by atoms with Crippen LogP contribution in [0, 0.1) is 0 Å². The second-order valence-corrected chi connectivity index (χ2v) is 8.13. The van der Waals surface area contributed by atoms with Crippen molar-refractivity contribution in [2.45, 2.75) is 38.8 Å². The fraction of sp³-hybridized carbons (Fsp3) is 0.280. The van der Waals surface area contributed by atoms with Gasteiger partial charge in [-0.15, -0.1) is 5.10 Å². The van der Waals surface area contributed by atoms with Crippen LogP contribution in [0.15, 0.2) is 53.6 Å². The van der Waals surface area contributed by atoms with E-state index in [1.54, 1.807) is 18.2 Å². The number of benzene rings is 2. The summed E-state index contributed by atoms with van der Waals surface area (Å²) in [6.45, 7) is 2.76. The van der Waals surface area contributed by atoms with Crippen LogP contribution in [0.3, 0.4) is 0 Å². The summed E-state index contributed by atoms with van der Waals surface area (Å²) in [5.74, 6) is 0.737. The number of esters is 1. The van der Waals surface area contributed by atoms with Crippen LogP contribution in [-0.2, 0) is 14.3 Å². The van der Waals surface area contributed by atoms with E-state index in [1.807, 2.05) is 30.3 Å². The Hall–Kier alpha value is -3.94. The summed E-state index contributed by atoms with van der Waals surface area (Å²) in [4.78, 5) is 28.6. The van der Waals surface area contributed by atoms with Crippen LogP contribution < -0.4 is 9.47 Å². The van der Waals surface area contributed by atoms with E-state index >= 15 is 0 Å². The number of pyridine rings is 1. The Morgan fingerprint density at radius 3 is 2.55 bits per heavy atom. The van der Waals surface area contributed by atoms with Crippen molar-refractivity contribution in [3.63, 3.8) is 0 Å². The topological polar surface area (TPSA) is 90.3 Å². The summed E-state index contributed by atoms with van der Waals surface area (Å²) in [6.07, 6.45) is 1.46. The minimum atomic E-state index is -0.783. The van der Waals surface area contributed by atoms with Gasteiger partial charge in [0.25, 0.3) is 0 Å². The average molecular weight is 445 g/mol. The van der Waals surface area contributed by atoms with E-state index in [0.29, 0.717) is 23.1 Å².